The van der Waals surface area contributed by atoms with Crippen molar-refractivity contribution in [3.05, 3.63) is 50.6 Å². The standard InChI is InChI=1S/C15H11BrO4S/c16-14-6-11(8-21-14)7-18-15(17)4-2-10-1-3-12-13(5-10)20-9-19-12/h1-6,8H,7,9H2. The number of hydrogen-bond donors (Lipinski definition) is 0. The summed E-state index contributed by atoms with van der Waals surface area (Å²) in [5.41, 5.74) is 1.83. The van der Waals surface area contributed by atoms with Gasteiger partial charge >= 0.3 is 5.97 Å². The van der Waals surface area contributed by atoms with E-state index in [1.54, 1.807) is 17.4 Å². The van der Waals surface area contributed by atoms with Gasteiger partial charge < -0.3 is 14.2 Å². The normalized spacial score (nSPS) is 12.8. The second-order valence-electron chi connectivity index (χ2n) is 4.31. The average Bonchev–Trinajstić information content (AvgIpc) is 3.10. The number of fused-ring (bicyclic) bond motifs is 1. The highest BCUT2D eigenvalue weighted by Gasteiger charge is 2.12. The van der Waals surface area contributed by atoms with E-state index in [9.17, 15) is 4.79 Å². The van der Waals surface area contributed by atoms with Crippen LogP contribution in [0.2, 0.25) is 0 Å². The number of benzene rings is 1. The predicted octanol–water partition coefficient (Wildman–Crippen LogP) is 4.00. The fourth-order valence-electron chi connectivity index (χ4n) is 1.81. The van der Waals surface area contributed by atoms with Crippen LogP contribution >= 0.6 is 27.3 Å². The van der Waals surface area contributed by atoms with E-state index in [2.05, 4.69) is 15.9 Å². The maximum atomic E-state index is 11.7. The van der Waals surface area contributed by atoms with Gasteiger partial charge in [-0.05, 0) is 51.1 Å². The summed E-state index contributed by atoms with van der Waals surface area (Å²) in [5.74, 6) is 1.03. The average molecular weight is 367 g/mol. The van der Waals surface area contributed by atoms with Crippen LogP contribution in [0.1, 0.15) is 11.1 Å². The van der Waals surface area contributed by atoms with Crippen LogP contribution in [0.5, 0.6) is 11.5 Å². The van der Waals surface area contributed by atoms with Crippen molar-refractivity contribution in [2.24, 2.45) is 0 Å². The molecule has 1 aromatic heterocycles. The third-order valence-electron chi connectivity index (χ3n) is 2.81. The van der Waals surface area contributed by atoms with Gasteiger partial charge in [-0.25, -0.2) is 4.79 Å². The zero-order valence-corrected chi connectivity index (χ0v) is 13.3. The van der Waals surface area contributed by atoms with Crippen molar-refractivity contribution in [3.63, 3.8) is 0 Å². The van der Waals surface area contributed by atoms with E-state index in [4.69, 9.17) is 14.2 Å². The summed E-state index contributed by atoms with van der Waals surface area (Å²) < 4.78 is 16.7. The Balaban J connectivity index is 1.56. The minimum absolute atomic E-state index is 0.237. The maximum Gasteiger partial charge on any atom is 0.331 e. The van der Waals surface area contributed by atoms with Gasteiger partial charge in [0.25, 0.3) is 0 Å². The molecule has 0 atom stereocenters. The summed E-state index contributed by atoms with van der Waals surface area (Å²) in [6.45, 7) is 0.507. The van der Waals surface area contributed by atoms with Gasteiger partial charge in [-0.1, -0.05) is 6.07 Å². The van der Waals surface area contributed by atoms with Crippen LogP contribution in [0.3, 0.4) is 0 Å². The Morgan fingerprint density at radius 1 is 1.33 bits per heavy atom. The van der Waals surface area contributed by atoms with E-state index in [0.29, 0.717) is 5.75 Å². The fraction of sp³-hybridized carbons (Fsp3) is 0.133. The first-order valence-electron chi connectivity index (χ1n) is 6.18. The zero-order chi connectivity index (χ0) is 14.7. The van der Waals surface area contributed by atoms with Crippen LogP contribution in [0, 0.1) is 0 Å². The van der Waals surface area contributed by atoms with E-state index >= 15 is 0 Å². The minimum atomic E-state index is -0.380. The van der Waals surface area contributed by atoms with Gasteiger partial charge in [0.15, 0.2) is 11.5 Å². The number of rotatable bonds is 4. The third-order valence-corrected chi connectivity index (χ3v) is 4.36. The SMILES string of the molecule is O=C(C=Cc1ccc2c(c1)OCO2)OCc1csc(Br)c1. The predicted molar refractivity (Wildman–Crippen MR) is 83.4 cm³/mol. The van der Waals surface area contributed by atoms with E-state index in [1.165, 1.54) is 6.08 Å². The topological polar surface area (TPSA) is 44.8 Å². The van der Waals surface area contributed by atoms with Gasteiger partial charge in [0.05, 0.1) is 3.79 Å². The first-order valence-corrected chi connectivity index (χ1v) is 7.85. The smallest absolute Gasteiger partial charge is 0.331 e. The summed E-state index contributed by atoms with van der Waals surface area (Å²) in [6, 6.07) is 7.42. The van der Waals surface area contributed by atoms with Crippen LogP contribution in [0.4, 0.5) is 0 Å². The number of carbonyl (C=O) groups excluding carboxylic acids is 1. The first-order chi connectivity index (χ1) is 10.2. The number of halogens is 1. The number of thiophene rings is 1. The molecule has 2 heterocycles. The summed E-state index contributed by atoms with van der Waals surface area (Å²) in [4.78, 5) is 11.7. The molecule has 3 rings (SSSR count). The maximum absolute atomic E-state index is 11.7. The molecule has 0 radical (unpaired) electrons. The van der Waals surface area contributed by atoms with Gasteiger partial charge in [-0.3, -0.25) is 0 Å². The van der Waals surface area contributed by atoms with E-state index in [1.807, 2.05) is 29.6 Å². The van der Waals surface area contributed by atoms with Gasteiger partial charge in [0.1, 0.15) is 6.61 Å². The fourth-order valence-corrected chi connectivity index (χ4v) is 3.00. The summed E-state index contributed by atoms with van der Waals surface area (Å²) in [7, 11) is 0. The monoisotopic (exact) mass is 366 g/mol. The lowest BCUT2D eigenvalue weighted by Crippen LogP contribution is -1.99. The Kier molecular flexibility index (Phi) is 4.26. The highest BCUT2D eigenvalue weighted by Crippen LogP contribution is 2.32. The van der Waals surface area contributed by atoms with Crippen molar-refractivity contribution < 1.29 is 19.0 Å². The Morgan fingerprint density at radius 2 is 2.19 bits per heavy atom. The molecule has 0 fully saturated rings. The largest absolute Gasteiger partial charge is 0.458 e. The molecule has 21 heavy (non-hydrogen) atoms. The Morgan fingerprint density at radius 3 is 3.00 bits per heavy atom. The summed E-state index contributed by atoms with van der Waals surface area (Å²) >= 11 is 4.93. The second kappa shape index (κ2) is 6.32. The van der Waals surface area contributed by atoms with Crippen molar-refractivity contribution in [1.82, 2.24) is 0 Å². The van der Waals surface area contributed by atoms with Crippen molar-refractivity contribution in [1.29, 1.82) is 0 Å². The van der Waals surface area contributed by atoms with Gasteiger partial charge in [0, 0.05) is 11.6 Å². The lowest BCUT2D eigenvalue weighted by Gasteiger charge is -2.00. The molecule has 0 N–H and O–H groups in total. The molecule has 0 aliphatic carbocycles. The lowest BCUT2D eigenvalue weighted by molar-refractivity contribution is -0.138. The van der Waals surface area contributed by atoms with Gasteiger partial charge in [-0.15, -0.1) is 11.3 Å². The van der Waals surface area contributed by atoms with Crippen LogP contribution in [0.25, 0.3) is 6.08 Å². The highest BCUT2D eigenvalue weighted by molar-refractivity contribution is 9.11. The van der Waals surface area contributed by atoms with E-state index < -0.39 is 0 Å². The van der Waals surface area contributed by atoms with E-state index in [-0.39, 0.29) is 19.4 Å². The van der Waals surface area contributed by atoms with Crippen molar-refractivity contribution in [2.75, 3.05) is 6.79 Å². The summed E-state index contributed by atoms with van der Waals surface area (Å²) in [5, 5.41) is 1.94. The first kappa shape index (κ1) is 14.2. The molecule has 0 amide bonds. The molecule has 1 aromatic carbocycles. The van der Waals surface area contributed by atoms with Crippen molar-refractivity contribution in [3.8, 4) is 11.5 Å². The number of ether oxygens (including phenoxy) is 3. The van der Waals surface area contributed by atoms with Crippen LogP contribution in [-0.4, -0.2) is 12.8 Å². The number of carbonyl (C=O) groups is 1. The third kappa shape index (κ3) is 3.65. The Labute approximate surface area is 134 Å². The molecule has 0 saturated carbocycles. The quantitative estimate of drug-likeness (QED) is 0.605. The van der Waals surface area contributed by atoms with Crippen LogP contribution in [-0.2, 0) is 16.1 Å². The van der Waals surface area contributed by atoms with Gasteiger partial charge in [-0.2, -0.15) is 0 Å². The summed E-state index contributed by atoms with van der Waals surface area (Å²) in [6.07, 6.45) is 3.09. The molecule has 0 saturated heterocycles. The Bertz CT molecular complexity index is 693. The molecule has 0 bridgehead atoms. The zero-order valence-electron chi connectivity index (χ0n) is 10.9. The van der Waals surface area contributed by atoms with Crippen LogP contribution in [0.15, 0.2) is 39.5 Å². The molecule has 2 aromatic rings. The Hall–Kier alpha value is -1.79. The van der Waals surface area contributed by atoms with Crippen LogP contribution < -0.4 is 9.47 Å². The molecule has 108 valence electrons. The number of hydrogen-bond acceptors (Lipinski definition) is 5. The minimum Gasteiger partial charge on any atom is -0.458 e. The van der Waals surface area contributed by atoms with E-state index in [0.717, 1.165) is 20.7 Å². The van der Waals surface area contributed by atoms with Crippen molar-refractivity contribution in [2.45, 2.75) is 6.61 Å². The molecule has 4 nitrogen and oxygen atoms in total. The molecule has 0 unspecified atom stereocenters. The number of esters is 1. The molecule has 0 spiro atoms. The van der Waals surface area contributed by atoms with Crippen molar-refractivity contribution >= 4 is 39.3 Å². The van der Waals surface area contributed by atoms with Gasteiger partial charge in [0.2, 0.25) is 6.79 Å². The second-order valence-corrected chi connectivity index (χ2v) is 6.60. The molecular weight excluding hydrogens is 356 g/mol. The highest BCUT2D eigenvalue weighted by atomic mass is 79.9. The lowest BCUT2D eigenvalue weighted by atomic mass is 10.2. The molecular formula is C15H11BrO4S. The molecule has 1 aliphatic heterocycles. The molecule has 1 aliphatic rings. The molecule has 6 heteroatoms.